The standard InChI is InChI=1S/C17H19N3O2/c21-17(12-6-7-16-11(9-12)3-2-8-22-16)18-10-15-13-4-1-5-14(13)19-20-15/h6-7,9H,1-5,8,10H2,(H,18,21)(H,19,20). The van der Waals surface area contributed by atoms with Gasteiger partial charge in [-0.25, -0.2) is 0 Å². The molecule has 114 valence electrons. The normalized spacial score (nSPS) is 15.8. The largest absolute Gasteiger partial charge is 0.493 e. The topological polar surface area (TPSA) is 67.0 Å². The molecule has 0 fully saturated rings. The van der Waals surface area contributed by atoms with Gasteiger partial charge in [0.05, 0.1) is 18.8 Å². The number of nitrogens with zero attached hydrogens (tertiary/aromatic N) is 1. The minimum absolute atomic E-state index is 0.0527. The van der Waals surface area contributed by atoms with Crippen LogP contribution in [0.4, 0.5) is 0 Å². The number of ether oxygens (including phenoxy) is 1. The second-order valence-corrected chi connectivity index (χ2v) is 5.94. The fourth-order valence-corrected chi connectivity index (χ4v) is 3.30. The van der Waals surface area contributed by atoms with Crippen LogP contribution < -0.4 is 10.1 Å². The summed E-state index contributed by atoms with van der Waals surface area (Å²) in [5.41, 5.74) is 5.31. The van der Waals surface area contributed by atoms with Gasteiger partial charge in [-0.3, -0.25) is 9.89 Å². The Labute approximate surface area is 129 Å². The molecular weight excluding hydrogens is 278 g/mol. The molecule has 4 rings (SSSR count). The lowest BCUT2D eigenvalue weighted by molar-refractivity contribution is 0.0950. The van der Waals surface area contributed by atoms with Crippen molar-refractivity contribution in [3.63, 3.8) is 0 Å². The number of fused-ring (bicyclic) bond motifs is 2. The van der Waals surface area contributed by atoms with Crippen LogP contribution in [0.1, 0.15) is 45.7 Å². The van der Waals surface area contributed by atoms with E-state index in [1.165, 1.54) is 17.7 Å². The lowest BCUT2D eigenvalue weighted by Gasteiger charge is -2.17. The number of hydrogen-bond donors (Lipinski definition) is 2. The van der Waals surface area contributed by atoms with Gasteiger partial charge in [0.15, 0.2) is 0 Å². The summed E-state index contributed by atoms with van der Waals surface area (Å²) >= 11 is 0. The molecule has 0 saturated heterocycles. The molecule has 0 unspecified atom stereocenters. The van der Waals surface area contributed by atoms with Crippen molar-refractivity contribution in [1.29, 1.82) is 0 Å². The van der Waals surface area contributed by atoms with E-state index in [0.29, 0.717) is 12.1 Å². The minimum atomic E-state index is -0.0527. The van der Waals surface area contributed by atoms with Gasteiger partial charge in [0, 0.05) is 11.3 Å². The molecule has 0 bridgehead atoms. The molecule has 2 aliphatic rings. The molecule has 0 spiro atoms. The zero-order chi connectivity index (χ0) is 14.9. The Bertz CT molecular complexity index is 721. The smallest absolute Gasteiger partial charge is 0.251 e. The van der Waals surface area contributed by atoms with Crippen LogP contribution in [0, 0.1) is 0 Å². The summed E-state index contributed by atoms with van der Waals surface area (Å²) in [4.78, 5) is 12.3. The molecule has 22 heavy (non-hydrogen) atoms. The quantitative estimate of drug-likeness (QED) is 0.912. The summed E-state index contributed by atoms with van der Waals surface area (Å²) in [6, 6.07) is 5.67. The van der Waals surface area contributed by atoms with Crippen molar-refractivity contribution >= 4 is 5.91 Å². The molecule has 1 aliphatic heterocycles. The van der Waals surface area contributed by atoms with E-state index >= 15 is 0 Å². The number of aromatic nitrogens is 2. The first kappa shape index (κ1) is 13.4. The van der Waals surface area contributed by atoms with Crippen molar-refractivity contribution in [3.8, 4) is 5.75 Å². The molecular formula is C17H19N3O2. The summed E-state index contributed by atoms with van der Waals surface area (Å²) in [5, 5.41) is 10.4. The Morgan fingerprint density at radius 1 is 1.27 bits per heavy atom. The molecule has 1 amide bonds. The first-order valence-corrected chi connectivity index (χ1v) is 7.90. The molecule has 0 atom stereocenters. The predicted molar refractivity (Wildman–Crippen MR) is 82.0 cm³/mol. The average molecular weight is 297 g/mol. The van der Waals surface area contributed by atoms with Crippen LogP contribution in [-0.4, -0.2) is 22.7 Å². The zero-order valence-corrected chi connectivity index (χ0v) is 12.4. The Hall–Kier alpha value is -2.30. The van der Waals surface area contributed by atoms with E-state index in [2.05, 4.69) is 15.5 Å². The summed E-state index contributed by atoms with van der Waals surface area (Å²) in [7, 11) is 0. The van der Waals surface area contributed by atoms with E-state index in [1.807, 2.05) is 18.2 Å². The van der Waals surface area contributed by atoms with Gasteiger partial charge in [-0.15, -0.1) is 0 Å². The monoisotopic (exact) mass is 297 g/mol. The summed E-state index contributed by atoms with van der Waals surface area (Å²) in [5.74, 6) is 0.857. The SMILES string of the molecule is O=C(NCc1n[nH]c2c1CCC2)c1ccc2c(c1)CCCO2. The predicted octanol–water partition coefficient (Wildman–Crippen LogP) is 2.15. The molecule has 5 nitrogen and oxygen atoms in total. The maximum Gasteiger partial charge on any atom is 0.251 e. The van der Waals surface area contributed by atoms with E-state index in [9.17, 15) is 4.79 Å². The zero-order valence-electron chi connectivity index (χ0n) is 12.4. The number of carbonyl (C=O) groups is 1. The maximum atomic E-state index is 12.3. The van der Waals surface area contributed by atoms with E-state index in [1.54, 1.807) is 0 Å². The van der Waals surface area contributed by atoms with Crippen molar-refractivity contribution in [1.82, 2.24) is 15.5 Å². The number of carbonyl (C=O) groups excluding carboxylic acids is 1. The third kappa shape index (κ3) is 2.36. The molecule has 2 heterocycles. The highest BCUT2D eigenvalue weighted by Gasteiger charge is 2.19. The van der Waals surface area contributed by atoms with Crippen LogP contribution >= 0.6 is 0 Å². The Balaban J connectivity index is 1.45. The number of benzene rings is 1. The van der Waals surface area contributed by atoms with Crippen LogP contribution in [0.5, 0.6) is 5.75 Å². The van der Waals surface area contributed by atoms with Crippen LogP contribution in [0.3, 0.4) is 0 Å². The van der Waals surface area contributed by atoms with Crippen LogP contribution in [0.25, 0.3) is 0 Å². The van der Waals surface area contributed by atoms with E-state index in [-0.39, 0.29) is 5.91 Å². The molecule has 1 aliphatic carbocycles. The Kier molecular flexibility index (Phi) is 3.33. The molecule has 2 N–H and O–H groups in total. The van der Waals surface area contributed by atoms with Crippen LogP contribution in [0.2, 0.25) is 0 Å². The first-order chi connectivity index (χ1) is 10.8. The summed E-state index contributed by atoms with van der Waals surface area (Å²) in [6.07, 6.45) is 5.30. The van der Waals surface area contributed by atoms with E-state index in [0.717, 1.165) is 49.3 Å². The highest BCUT2D eigenvalue weighted by Crippen LogP contribution is 2.26. The van der Waals surface area contributed by atoms with Gasteiger partial charge < -0.3 is 10.1 Å². The number of hydrogen-bond acceptors (Lipinski definition) is 3. The number of H-pyrrole nitrogens is 1. The fourth-order valence-electron chi connectivity index (χ4n) is 3.30. The highest BCUT2D eigenvalue weighted by atomic mass is 16.5. The van der Waals surface area contributed by atoms with Gasteiger partial charge >= 0.3 is 0 Å². The minimum Gasteiger partial charge on any atom is -0.493 e. The van der Waals surface area contributed by atoms with Crippen molar-refractivity contribution in [2.45, 2.75) is 38.6 Å². The first-order valence-electron chi connectivity index (χ1n) is 7.90. The molecule has 1 aromatic heterocycles. The van der Waals surface area contributed by atoms with E-state index in [4.69, 9.17) is 4.74 Å². The van der Waals surface area contributed by atoms with Crippen molar-refractivity contribution in [3.05, 3.63) is 46.3 Å². The van der Waals surface area contributed by atoms with Gasteiger partial charge in [-0.05, 0) is 61.4 Å². The van der Waals surface area contributed by atoms with Gasteiger partial charge in [0.2, 0.25) is 0 Å². The molecule has 5 heteroatoms. The molecule has 2 aromatic rings. The van der Waals surface area contributed by atoms with Gasteiger partial charge in [0.1, 0.15) is 5.75 Å². The molecule has 1 aromatic carbocycles. The van der Waals surface area contributed by atoms with Crippen LogP contribution in [-0.2, 0) is 25.8 Å². The van der Waals surface area contributed by atoms with Gasteiger partial charge in [0.25, 0.3) is 5.91 Å². The summed E-state index contributed by atoms with van der Waals surface area (Å²) in [6.45, 7) is 1.25. The second kappa shape index (κ2) is 5.48. The van der Waals surface area contributed by atoms with Gasteiger partial charge in [-0.1, -0.05) is 0 Å². The molecule has 0 saturated carbocycles. The summed E-state index contributed by atoms with van der Waals surface area (Å²) < 4.78 is 5.58. The average Bonchev–Trinajstić information content (AvgIpc) is 3.16. The lowest BCUT2D eigenvalue weighted by Crippen LogP contribution is -2.24. The second-order valence-electron chi connectivity index (χ2n) is 5.94. The number of rotatable bonds is 3. The highest BCUT2D eigenvalue weighted by molar-refractivity contribution is 5.94. The van der Waals surface area contributed by atoms with Crippen molar-refractivity contribution < 1.29 is 9.53 Å². The number of aryl methyl sites for hydroxylation is 2. The number of aromatic amines is 1. The number of amides is 1. The van der Waals surface area contributed by atoms with Crippen LogP contribution in [0.15, 0.2) is 18.2 Å². The Morgan fingerprint density at radius 2 is 2.23 bits per heavy atom. The third-order valence-corrected chi connectivity index (χ3v) is 4.48. The molecule has 0 radical (unpaired) electrons. The number of nitrogens with one attached hydrogen (secondary N) is 2. The van der Waals surface area contributed by atoms with Gasteiger partial charge in [-0.2, -0.15) is 5.10 Å². The Morgan fingerprint density at radius 3 is 3.18 bits per heavy atom. The van der Waals surface area contributed by atoms with E-state index < -0.39 is 0 Å². The lowest BCUT2D eigenvalue weighted by atomic mass is 10.0. The van der Waals surface area contributed by atoms with Crippen molar-refractivity contribution in [2.24, 2.45) is 0 Å². The third-order valence-electron chi connectivity index (χ3n) is 4.48. The van der Waals surface area contributed by atoms with Crippen molar-refractivity contribution in [2.75, 3.05) is 6.61 Å². The fraction of sp³-hybridized carbons (Fsp3) is 0.412. The maximum absolute atomic E-state index is 12.3.